The summed E-state index contributed by atoms with van der Waals surface area (Å²) in [5, 5.41) is 13.2. The normalized spacial score (nSPS) is 21.4. The van der Waals surface area contributed by atoms with Crippen LogP contribution in [0, 0.1) is 0 Å². The Morgan fingerprint density at radius 1 is 1.15 bits per heavy atom. The predicted octanol–water partition coefficient (Wildman–Crippen LogP) is 2.77. The maximum absolute atomic E-state index is 12.0. The number of hydrogen-bond donors (Lipinski definition) is 2. The van der Waals surface area contributed by atoms with Gasteiger partial charge in [-0.2, -0.15) is 0 Å². The Bertz CT molecular complexity index is 645. The molecule has 102 valence electrons. The van der Waals surface area contributed by atoms with Crippen LogP contribution in [0.25, 0.3) is 0 Å². The monoisotopic (exact) mass is 289 g/mol. The number of aliphatic hydroxyl groups is 1. The highest BCUT2D eigenvalue weighted by molar-refractivity contribution is 6.31. The topological polar surface area (TPSA) is 58.6 Å². The van der Waals surface area contributed by atoms with Crippen molar-refractivity contribution in [3.63, 3.8) is 0 Å². The molecule has 0 spiro atoms. The average Bonchev–Trinajstić information content (AvgIpc) is 2.57. The van der Waals surface area contributed by atoms with E-state index in [4.69, 9.17) is 16.3 Å². The van der Waals surface area contributed by atoms with E-state index in [1.807, 2.05) is 30.3 Å². The molecule has 20 heavy (non-hydrogen) atoms. The maximum atomic E-state index is 12.0. The molecule has 0 saturated heterocycles. The number of rotatable bonds is 1. The van der Waals surface area contributed by atoms with E-state index < -0.39 is 18.1 Å². The first-order valence-electron chi connectivity index (χ1n) is 6.15. The van der Waals surface area contributed by atoms with Gasteiger partial charge in [-0.25, -0.2) is 0 Å². The minimum Gasteiger partial charge on any atom is -0.480 e. The van der Waals surface area contributed by atoms with Crippen LogP contribution in [-0.4, -0.2) is 17.1 Å². The zero-order valence-electron chi connectivity index (χ0n) is 10.4. The predicted molar refractivity (Wildman–Crippen MR) is 75.9 cm³/mol. The van der Waals surface area contributed by atoms with E-state index in [0.717, 1.165) is 5.56 Å². The number of hydrogen-bond acceptors (Lipinski definition) is 3. The highest BCUT2D eigenvalue weighted by atomic mass is 35.5. The summed E-state index contributed by atoms with van der Waals surface area (Å²) in [7, 11) is 0. The number of nitrogens with one attached hydrogen (secondary N) is 1. The second kappa shape index (κ2) is 5.15. The number of carbonyl (C=O) groups is 1. The number of amides is 1. The molecule has 2 aromatic rings. The average molecular weight is 290 g/mol. The second-order valence-electron chi connectivity index (χ2n) is 4.52. The van der Waals surface area contributed by atoms with Crippen LogP contribution < -0.4 is 10.1 Å². The van der Waals surface area contributed by atoms with Gasteiger partial charge in [-0.15, -0.1) is 0 Å². The number of aliphatic hydroxyl groups excluding tert-OH is 1. The van der Waals surface area contributed by atoms with Gasteiger partial charge in [0.15, 0.2) is 12.2 Å². The summed E-state index contributed by atoms with van der Waals surface area (Å²) >= 11 is 5.90. The molecule has 1 aliphatic heterocycles. The van der Waals surface area contributed by atoms with Gasteiger partial charge >= 0.3 is 0 Å². The lowest BCUT2D eigenvalue weighted by Crippen LogP contribution is -2.33. The summed E-state index contributed by atoms with van der Waals surface area (Å²) < 4.78 is 5.79. The summed E-state index contributed by atoms with van der Waals surface area (Å²) in [5.74, 6) is -0.0342. The van der Waals surface area contributed by atoms with Crippen LogP contribution in [0.3, 0.4) is 0 Å². The standard InChI is InChI=1S/C15H12ClNO3/c16-10-6-7-12-11(8-10)17-15(19)13(18)14(20-12)9-4-2-1-3-5-9/h1-8,13-14,18H,(H,17,19). The Kier molecular flexibility index (Phi) is 3.34. The Morgan fingerprint density at radius 3 is 2.65 bits per heavy atom. The quantitative estimate of drug-likeness (QED) is 0.849. The Hall–Kier alpha value is -2.04. The van der Waals surface area contributed by atoms with Gasteiger partial charge in [0.05, 0.1) is 5.69 Å². The van der Waals surface area contributed by atoms with Gasteiger partial charge in [-0.1, -0.05) is 41.9 Å². The molecule has 4 nitrogen and oxygen atoms in total. The SMILES string of the molecule is O=C1Nc2cc(Cl)ccc2OC(c2ccccc2)C1O. The number of halogens is 1. The Balaban J connectivity index is 2.04. The van der Waals surface area contributed by atoms with Crippen molar-refractivity contribution in [3.8, 4) is 5.75 Å². The molecule has 0 aromatic heterocycles. The molecule has 2 N–H and O–H groups in total. The zero-order chi connectivity index (χ0) is 14.1. The van der Waals surface area contributed by atoms with Crippen LogP contribution in [-0.2, 0) is 4.79 Å². The van der Waals surface area contributed by atoms with E-state index in [2.05, 4.69) is 5.32 Å². The second-order valence-corrected chi connectivity index (χ2v) is 4.96. The van der Waals surface area contributed by atoms with Gasteiger partial charge in [-0.05, 0) is 23.8 Å². The minimum atomic E-state index is -1.29. The summed E-state index contributed by atoms with van der Waals surface area (Å²) in [6.07, 6.45) is -2.04. The molecule has 2 unspecified atom stereocenters. The summed E-state index contributed by atoms with van der Waals surface area (Å²) in [5.41, 5.74) is 1.19. The van der Waals surface area contributed by atoms with Gasteiger partial charge < -0.3 is 15.2 Å². The smallest absolute Gasteiger partial charge is 0.257 e. The molecule has 1 aliphatic rings. The molecule has 2 aromatic carbocycles. The van der Waals surface area contributed by atoms with Crippen molar-refractivity contribution in [1.82, 2.24) is 0 Å². The van der Waals surface area contributed by atoms with Gasteiger partial charge in [0.2, 0.25) is 0 Å². The summed E-state index contributed by atoms with van der Waals surface area (Å²) in [6.45, 7) is 0. The number of carbonyl (C=O) groups excluding carboxylic acids is 1. The van der Waals surface area contributed by atoms with Gasteiger partial charge in [0.25, 0.3) is 5.91 Å². The van der Waals surface area contributed by atoms with E-state index in [1.165, 1.54) is 0 Å². The first-order chi connectivity index (χ1) is 9.65. The van der Waals surface area contributed by atoms with Crippen LogP contribution in [0.2, 0.25) is 5.02 Å². The van der Waals surface area contributed by atoms with Gasteiger partial charge in [-0.3, -0.25) is 4.79 Å². The van der Waals surface area contributed by atoms with E-state index in [9.17, 15) is 9.90 Å². The van der Waals surface area contributed by atoms with E-state index in [1.54, 1.807) is 18.2 Å². The van der Waals surface area contributed by atoms with Crippen molar-refractivity contribution in [2.24, 2.45) is 0 Å². The molecule has 1 amide bonds. The fourth-order valence-electron chi connectivity index (χ4n) is 2.14. The van der Waals surface area contributed by atoms with Gasteiger partial charge in [0, 0.05) is 5.02 Å². The number of ether oxygens (including phenoxy) is 1. The molecular formula is C15H12ClNO3. The van der Waals surface area contributed by atoms with Crippen LogP contribution in [0.1, 0.15) is 11.7 Å². The highest BCUT2D eigenvalue weighted by Gasteiger charge is 2.33. The maximum Gasteiger partial charge on any atom is 0.257 e. The first kappa shape index (κ1) is 13.0. The molecule has 2 atom stereocenters. The van der Waals surface area contributed by atoms with E-state index >= 15 is 0 Å². The van der Waals surface area contributed by atoms with E-state index in [0.29, 0.717) is 16.5 Å². The minimum absolute atomic E-state index is 0.458. The van der Waals surface area contributed by atoms with Crippen LogP contribution in [0.15, 0.2) is 48.5 Å². The molecule has 1 heterocycles. The molecule has 0 saturated carbocycles. The molecule has 0 fully saturated rings. The summed E-state index contributed by atoms with van der Waals surface area (Å²) in [6, 6.07) is 14.1. The lowest BCUT2D eigenvalue weighted by molar-refractivity contribution is -0.128. The van der Waals surface area contributed by atoms with Crippen LogP contribution in [0.4, 0.5) is 5.69 Å². The molecule has 0 radical (unpaired) electrons. The highest BCUT2D eigenvalue weighted by Crippen LogP contribution is 2.36. The lowest BCUT2D eigenvalue weighted by atomic mass is 10.0. The van der Waals surface area contributed by atoms with Crippen molar-refractivity contribution in [1.29, 1.82) is 0 Å². The molecule has 0 bridgehead atoms. The molecule has 5 heteroatoms. The van der Waals surface area contributed by atoms with Crippen molar-refractivity contribution >= 4 is 23.2 Å². The number of anilines is 1. The Labute approximate surface area is 120 Å². The number of fused-ring (bicyclic) bond motifs is 1. The van der Waals surface area contributed by atoms with Crippen LogP contribution >= 0.6 is 11.6 Å². The summed E-state index contributed by atoms with van der Waals surface area (Å²) in [4.78, 5) is 12.0. The van der Waals surface area contributed by atoms with E-state index in [-0.39, 0.29) is 0 Å². The third kappa shape index (κ3) is 2.35. The third-order valence-corrected chi connectivity index (χ3v) is 3.37. The number of benzene rings is 2. The fraction of sp³-hybridized carbons (Fsp3) is 0.133. The van der Waals surface area contributed by atoms with Crippen molar-refractivity contribution < 1.29 is 14.6 Å². The fourth-order valence-corrected chi connectivity index (χ4v) is 2.31. The van der Waals surface area contributed by atoms with Crippen LogP contribution in [0.5, 0.6) is 5.75 Å². The largest absolute Gasteiger partial charge is 0.480 e. The molecule has 0 aliphatic carbocycles. The van der Waals surface area contributed by atoms with Crippen molar-refractivity contribution in [2.75, 3.05) is 5.32 Å². The first-order valence-corrected chi connectivity index (χ1v) is 6.53. The van der Waals surface area contributed by atoms with Gasteiger partial charge in [0.1, 0.15) is 5.75 Å². The van der Waals surface area contributed by atoms with Crippen molar-refractivity contribution in [2.45, 2.75) is 12.2 Å². The Morgan fingerprint density at radius 2 is 1.90 bits per heavy atom. The third-order valence-electron chi connectivity index (χ3n) is 3.14. The molecular weight excluding hydrogens is 278 g/mol. The molecule has 3 rings (SSSR count). The van der Waals surface area contributed by atoms with Crippen molar-refractivity contribution in [3.05, 3.63) is 59.1 Å². The zero-order valence-corrected chi connectivity index (χ0v) is 11.2. The lowest BCUT2D eigenvalue weighted by Gasteiger charge is -2.20.